The summed E-state index contributed by atoms with van der Waals surface area (Å²) in [7, 11) is 0. The van der Waals surface area contributed by atoms with E-state index in [1.165, 1.54) is 0 Å². The smallest absolute Gasteiger partial charge is 0.269 e. The maximum Gasteiger partial charge on any atom is 0.269 e. The quantitative estimate of drug-likeness (QED) is 0.844. The third-order valence-electron chi connectivity index (χ3n) is 2.96. The maximum absolute atomic E-state index is 12.2. The molecule has 0 aliphatic carbocycles. The molecule has 0 saturated carbocycles. The summed E-state index contributed by atoms with van der Waals surface area (Å²) >= 11 is 1.12. The van der Waals surface area contributed by atoms with Gasteiger partial charge in [-0.2, -0.15) is 0 Å². The van der Waals surface area contributed by atoms with Crippen molar-refractivity contribution in [2.75, 3.05) is 11.1 Å². The molecule has 2 aromatic rings. The average Bonchev–Trinajstić information content (AvgIpc) is 2.84. The number of aromatic nitrogens is 2. The maximum atomic E-state index is 12.2. The topological polar surface area (TPSA) is 80.9 Å². The van der Waals surface area contributed by atoms with E-state index in [0.29, 0.717) is 11.3 Å². The summed E-state index contributed by atoms with van der Waals surface area (Å²) < 4.78 is 3.82. The first-order chi connectivity index (χ1) is 9.02. The van der Waals surface area contributed by atoms with Crippen LogP contribution in [0.25, 0.3) is 0 Å². The van der Waals surface area contributed by atoms with Crippen molar-refractivity contribution in [3.8, 4) is 0 Å². The van der Waals surface area contributed by atoms with Crippen molar-refractivity contribution in [3.05, 3.63) is 33.8 Å². The van der Waals surface area contributed by atoms with Gasteiger partial charge in [0.05, 0.1) is 5.69 Å². The molecule has 6 heteroatoms. The van der Waals surface area contributed by atoms with Gasteiger partial charge in [0.2, 0.25) is 0 Å². The lowest BCUT2D eigenvalue weighted by molar-refractivity contribution is 0.102. The van der Waals surface area contributed by atoms with E-state index < -0.39 is 0 Å². The number of aryl methyl sites for hydroxylation is 3. The lowest BCUT2D eigenvalue weighted by Crippen LogP contribution is -2.13. The molecule has 5 nitrogen and oxygen atoms in total. The zero-order valence-corrected chi connectivity index (χ0v) is 12.0. The number of nitrogens with one attached hydrogen (secondary N) is 1. The van der Waals surface area contributed by atoms with Crippen LogP contribution in [-0.4, -0.2) is 15.5 Å². The standard InChI is InChI=1S/C13H16N4OS/c1-4-10-12(19-17-16-10)13(18)15-11-6-7(2)9(14)5-8(11)3/h5-6H,4,14H2,1-3H3,(H,15,18). The van der Waals surface area contributed by atoms with E-state index in [1.807, 2.05) is 32.9 Å². The number of carbonyl (C=O) groups is 1. The summed E-state index contributed by atoms with van der Waals surface area (Å²) in [6, 6.07) is 3.74. The molecular formula is C13H16N4OS. The number of rotatable bonds is 3. The molecule has 2 rings (SSSR count). The van der Waals surface area contributed by atoms with E-state index in [-0.39, 0.29) is 5.91 Å². The van der Waals surface area contributed by atoms with Crippen molar-refractivity contribution < 1.29 is 4.79 Å². The van der Waals surface area contributed by atoms with Crippen LogP contribution in [0.15, 0.2) is 12.1 Å². The summed E-state index contributed by atoms with van der Waals surface area (Å²) in [5.74, 6) is -0.167. The summed E-state index contributed by atoms with van der Waals surface area (Å²) in [6.07, 6.45) is 0.693. The first-order valence-corrected chi connectivity index (χ1v) is 6.79. The monoisotopic (exact) mass is 276 g/mol. The Bertz CT molecular complexity index is 621. The Morgan fingerprint density at radius 1 is 1.37 bits per heavy atom. The number of hydrogen-bond donors (Lipinski definition) is 2. The third-order valence-corrected chi connectivity index (χ3v) is 3.72. The normalized spacial score (nSPS) is 10.5. The highest BCUT2D eigenvalue weighted by molar-refractivity contribution is 7.08. The molecule has 0 bridgehead atoms. The van der Waals surface area contributed by atoms with E-state index in [9.17, 15) is 4.79 Å². The molecule has 1 aromatic carbocycles. The van der Waals surface area contributed by atoms with Gasteiger partial charge in [-0.25, -0.2) is 0 Å². The van der Waals surface area contributed by atoms with Gasteiger partial charge in [0, 0.05) is 11.4 Å². The molecule has 0 aliphatic rings. The van der Waals surface area contributed by atoms with Crippen LogP contribution in [0.4, 0.5) is 11.4 Å². The summed E-state index contributed by atoms with van der Waals surface area (Å²) in [5, 5.41) is 6.83. The molecule has 0 saturated heterocycles. The molecule has 0 fully saturated rings. The van der Waals surface area contributed by atoms with Crippen LogP contribution in [-0.2, 0) is 6.42 Å². The fraction of sp³-hybridized carbons (Fsp3) is 0.308. The highest BCUT2D eigenvalue weighted by atomic mass is 32.1. The fourth-order valence-corrected chi connectivity index (χ4v) is 2.41. The van der Waals surface area contributed by atoms with Crippen LogP contribution >= 0.6 is 11.5 Å². The minimum absolute atomic E-state index is 0.167. The van der Waals surface area contributed by atoms with E-state index in [1.54, 1.807) is 0 Å². The Kier molecular flexibility index (Phi) is 3.80. The van der Waals surface area contributed by atoms with Gasteiger partial charge in [0.15, 0.2) is 0 Å². The highest BCUT2D eigenvalue weighted by Gasteiger charge is 2.16. The molecule has 0 atom stereocenters. The van der Waals surface area contributed by atoms with Crippen molar-refractivity contribution in [1.29, 1.82) is 0 Å². The second-order valence-electron chi connectivity index (χ2n) is 4.38. The fourth-order valence-electron chi connectivity index (χ4n) is 1.76. The van der Waals surface area contributed by atoms with Gasteiger partial charge in [-0.3, -0.25) is 4.79 Å². The molecule has 0 radical (unpaired) electrons. The number of nitrogens with two attached hydrogens (primary N) is 1. The number of anilines is 2. The molecule has 0 spiro atoms. The van der Waals surface area contributed by atoms with E-state index in [0.717, 1.165) is 39.7 Å². The van der Waals surface area contributed by atoms with Gasteiger partial charge in [0.1, 0.15) is 4.88 Å². The van der Waals surface area contributed by atoms with Gasteiger partial charge in [-0.15, -0.1) is 5.10 Å². The van der Waals surface area contributed by atoms with E-state index in [2.05, 4.69) is 14.9 Å². The molecule has 0 unspecified atom stereocenters. The Hall–Kier alpha value is -1.95. The molecule has 100 valence electrons. The zero-order valence-electron chi connectivity index (χ0n) is 11.2. The number of benzene rings is 1. The van der Waals surface area contributed by atoms with Gasteiger partial charge < -0.3 is 11.1 Å². The van der Waals surface area contributed by atoms with Crippen molar-refractivity contribution in [2.24, 2.45) is 0 Å². The van der Waals surface area contributed by atoms with Crippen molar-refractivity contribution >= 4 is 28.8 Å². The molecule has 1 aromatic heterocycles. The second-order valence-corrected chi connectivity index (χ2v) is 5.13. The van der Waals surface area contributed by atoms with Crippen molar-refractivity contribution in [1.82, 2.24) is 9.59 Å². The molecule has 19 heavy (non-hydrogen) atoms. The number of nitrogen functional groups attached to an aromatic ring is 1. The van der Waals surface area contributed by atoms with Crippen LogP contribution in [0.5, 0.6) is 0 Å². The number of nitrogens with zero attached hydrogens (tertiary/aromatic N) is 2. The Morgan fingerprint density at radius 2 is 2.11 bits per heavy atom. The van der Waals surface area contributed by atoms with Crippen LogP contribution in [0.1, 0.15) is 33.4 Å². The van der Waals surface area contributed by atoms with Gasteiger partial charge >= 0.3 is 0 Å². The van der Waals surface area contributed by atoms with Crippen LogP contribution < -0.4 is 11.1 Å². The molecular weight excluding hydrogens is 260 g/mol. The second kappa shape index (κ2) is 5.36. The van der Waals surface area contributed by atoms with Gasteiger partial charge in [0.25, 0.3) is 5.91 Å². The summed E-state index contributed by atoms with van der Waals surface area (Å²) in [5.41, 5.74) is 9.94. The predicted octanol–water partition coefficient (Wildman–Crippen LogP) is 2.55. The van der Waals surface area contributed by atoms with Crippen molar-refractivity contribution in [2.45, 2.75) is 27.2 Å². The molecule has 1 heterocycles. The van der Waals surface area contributed by atoms with Crippen molar-refractivity contribution in [3.63, 3.8) is 0 Å². The average molecular weight is 276 g/mol. The van der Waals surface area contributed by atoms with Crippen LogP contribution in [0.3, 0.4) is 0 Å². The Labute approximate surface area is 116 Å². The highest BCUT2D eigenvalue weighted by Crippen LogP contribution is 2.23. The number of amides is 1. The first kappa shape index (κ1) is 13.5. The first-order valence-electron chi connectivity index (χ1n) is 6.02. The Balaban J connectivity index is 2.27. The van der Waals surface area contributed by atoms with E-state index >= 15 is 0 Å². The largest absolute Gasteiger partial charge is 0.399 e. The predicted molar refractivity (Wildman–Crippen MR) is 77.6 cm³/mol. The SMILES string of the molecule is CCc1nnsc1C(=O)Nc1cc(C)c(N)cc1C. The zero-order chi connectivity index (χ0) is 14.0. The minimum atomic E-state index is -0.167. The summed E-state index contributed by atoms with van der Waals surface area (Å²) in [4.78, 5) is 12.8. The van der Waals surface area contributed by atoms with Crippen LogP contribution in [0, 0.1) is 13.8 Å². The summed E-state index contributed by atoms with van der Waals surface area (Å²) in [6.45, 7) is 5.78. The van der Waals surface area contributed by atoms with Gasteiger partial charge in [-0.05, 0) is 55.1 Å². The number of carbonyl (C=O) groups excluding carboxylic acids is 1. The lowest BCUT2D eigenvalue weighted by Gasteiger charge is -2.10. The van der Waals surface area contributed by atoms with Crippen LogP contribution in [0.2, 0.25) is 0 Å². The Morgan fingerprint density at radius 3 is 2.79 bits per heavy atom. The van der Waals surface area contributed by atoms with Gasteiger partial charge in [-0.1, -0.05) is 11.4 Å². The molecule has 3 N–H and O–H groups in total. The molecule has 0 aliphatic heterocycles. The minimum Gasteiger partial charge on any atom is -0.399 e. The molecule has 1 amide bonds. The van der Waals surface area contributed by atoms with E-state index in [4.69, 9.17) is 5.73 Å². The third kappa shape index (κ3) is 2.73. The lowest BCUT2D eigenvalue weighted by atomic mass is 10.1. The number of hydrogen-bond acceptors (Lipinski definition) is 5.